The molecule has 1 N–H and O–H groups in total. The van der Waals surface area contributed by atoms with Gasteiger partial charge in [-0.3, -0.25) is 9.78 Å². The maximum absolute atomic E-state index is 13.8. The lowest BCUT2D eigenvalue weighted by Gasteiger charge is -2.33. The zero-order valence-corrected chi connectivity index (χ0v) is 20.8. The third kappa shape index (κ3) is 4.59. The number of likely N-dealkylation sites (N-methyl/N-ethyl adjacent to an activating group) is 1. The van der Waals surface area contributed by atoms with E-state index >= 15 is 0 Å². The van der Waals surface area contributed by atoms with Crippen LogP contribution in [0.4, 0.5) is 15.9 Å². The van der Waals surface area contributed by atoms with Crippen molar-refractivity contribution in [2.75, 3.05) is 43.4 Å². The second-order valence-electron chi connectivity index (χ2n) is 9.25. The van der Waals surface area contributed by atoms with E-state index in [0.717, 1.165) is 54.1 Å². The molecule has 3 aromatic heterocycles. The summed E-state index contributed by atoms with van der Waals surface area (Å²) in [5.41, 5.74) is 3.99. The molecule has 0 saturated carbocycles. The van der Waals surface area contributed by atoms with Crippen molar-refractivity contribution in [1.29, 1.82) is 0 Å². The summed E-state index contributed by atoms with van der Waals surface area (Å²) in [4.78, 5) is 30.2. The summed E-state index contributed by atoms with van der Waals surface area (Å²) in [6.07, 6.45) is 4.66. The van der Waals surface area contributed by atoms with Gasteiger partial charge in [0.2, 0.25) is 5.71 Å². The van der Waals surface area contributed by atoms with Crippen molar-refractivity contribution in [3.8, 4) is 22.5 Å². The fourth-order valence-electron chi connectivity index (χ4n) is 4.68. The fourth-order valence-corrected chi connectivity index (χ4v) is 4.68. The summed E-state index contributed by atoms with van der Waals surface area (Å²) in [7, 11) is 2.11. The van der Waals surface area contributed by atoms with Crippen molar-refractivity contribution in [2.24, 2.45) is 0 Å². The summed E-state index contributed by atoms with van der Waals surface area (Å²) >= 11 is 0. The molecule has 1 saturated heterocycles. The number of nitrogens with one attached hydrogen (secondary N) is 1. The molecular weight excluding hydrogens is 483 g/mol. The average molecular weight is 509 g/mol. The Hall–Kier alpha value is -4.63. The van der Waals surface area contributed by atoms with Crippen molar-refractivity contribution in [3.05, 3.63) is 90.8 Å². The number of benzene rings is 2. The number of amides is 1. The SMILES string of the molecule is CN1CCN(c2ncnc3oc(-c4ccc(NC(=O)c5cccnc5)cc4)c(-c4ccc(F)cc4)c23)CC1. The normalized spacial score (nSPS) is 14.1. The molecule has 6 rings (SSSR count). The Morgan fingerprint density at radius 1 is 0.947 bits per heavy atom. The number of piperazine rings is 1. The highest BCUT2D eigenvalue weighted by molar-refractivity contribution is 6.07. The summed E-state index contributed by atoms with van der Waals surface area (Å²) in [5.74, 6) is 0.853. The lowest BCUT2D eigenvalue weighted by Crippen LogP contribution is -2.44. The smallest absolute Gasteiger partial charge is 0.257 e. The van der Waals surface area contributed by atoms with Gasteiger partial charge in [-0.25, -0.2) is 14.4 Å². The number of pyridine rings is 1. The molecule has 0 atom stereocenters. The Morgan fingerprint density at radius 3 is 2.39 bits per heavy atom. The number of rotatable bonds is 5. The molecule has 1 aliphatic heterocycles. The molecule has 1 aliphatic rings. The minimum atomic E-state index is -0.313. The predicted octanol–water partition coefficient (Wildman–Crippen LogP) is 5.10. The third-order valence-corrected chi connectivity index (χ3v) is 6.73. The van der Waals surface area contributed by atoms with Gasteiger partial charge in [-0.15, -0.1) is 0 Å². The van der Waals surface area contributed by atoms with Gasteiger partial charge in [-0.1, -0.05) is 12.1 Å². The van der Waals surface area contributed by atoms with Crippen LogP contribution in [0, 0.1) is 5.82 Å². The number of furan rings is 1. The van der Waals surface area contributed by atoms with E-state index in [1.807, 2.05) is 24.3 Å². The third-order valence-electron chi connectivity index (χ3n) is 6.73. The molecule has 0 radical (unpaired) electrons. The first kappa shape index (κ1) is 23.7. The number of hydrogen-bond acceptors (Lipinski definition) is 7. The molecule has 1 amide bonds. The minimum Gasteiger partial charge on any atom is -0.437 e. The predicted molar refractivity (Wildman–Crippen MR) is 145 cm³/mol. The first-order valence-corrected chi connectivity index (χ1v) is 12.4. The van der Waals surface area contributed by atoms with Crippen LogP contribution in [-0.4, -0.2) is 59.0 Å². The van der Waals surface area contributed by atoms with E-state index in [4.69, 9.17) is 4.42 Å². The van der Waals surface area contributed by atoms with E-state index in [2.05, 4.69) is 37.1 Å². The van der Waals surface area contributed by atoms with Crippen LogP contribution in [0.15, 0.2) is 83.8 Å². The molecule has 0 bridgehead atoms. The van der Waals surface area contributed by atoms with Crippen molar-refractivity contribution < 1.29 is 13.6 Å². The molecule has 0 unspecified atom stereocenters. The molecule has 38 heavy (non-hydrogen) atoms. The second kappa shape index (κ2) is 10.0. The van der Waals surface area contributed by atoms with Gasteiger partial charge in [0, 0.05) is 55.4 Å². The van der Waals surface area contributed by atoms with Crippen molar-refractivity contribution in [1.82, 2.24) is 19.9 Å². The first-order chi connectivity index (χ1) is 18.6. The summed E-state index contributed by atoms with van der Waals surface area (Å²) < 4.78 is 20.2. The number of fused-ring (bicyclic) bond motifs is 1. The molecule has 5 aromatic rings. The van der Waals surface area contributed by atoms with Crippen LogP contribution in [0.5, 0.6) is 0 Å². The molecule has 0 spiro atoms. The number of carbonyl (C=O) groups is 1. The Balaban J connectivity index is 1.42. The Bertz CT molecular complexity index is 1580. The van der Waals surface area contributed by atoms with Crippen LogP contribution in [0.1, 0.15) is 10.4 Å². The second-order valence-corrected chi connectivity index (χ2v) is 9.25. The van der Waals surface area contributed by atoms with Crippen molar-refractivity contribution in [2.45, 2.75) is 0 Å². The maximum Gasteiger partial charge on any atom is 0.257 e. The number of nitrogens with zero attached hydrogens (tertiary/aromatic N) is 5. The zero-order chi connectivity index (χ0) is 26.1. The van der Waals surface area contributed by atoms with E-state index in [-0.39, 0.29) is 11.7 Å². The van der Waals surface area contributed by atoms with Gasteiger partial charge in [0.25, 0.3) is 5.91 Å². The van der Waals surface area contributed by atoms with Gasteiger partial charge in [0.1, 0.15) is 23.7 Å². The Morgan fingerprint density at radius 2 is 1.68 bits per heavy atom. The summed E-state index contributed by atoms with van der Waals surface area (Å²) in [5, 5.41) is 3.69. The van der Waals surface area contributed by atoms with E-state index < -0.39 is 0 Å². The monoisotopic (exact) mass is 508 g/mol. The van der Waals surface area contributed by atoms with Gasteiger partial charge in [-0.05, 0) is 61.1 Å². The van der Waals surface area contributed by atoms with Crippen LogP contribution < -0.4 is 10.2 Å². The topological polar surface area (TPSA) is 87.4 Å². The van der Waals surface area contributed by atoms with E-state index in [0.29, 0.717) is 22.7 Å². The number of anilines is 2. The fraction of sp³-hybridized carbons (Fsp3) is 0.172. The number of halogens is 1. The average Bonchev–Trinajstić information content (AvgIpc) is 3.35. The lowest BCUT2D eigenvalue weighted by atomic mass is 9.99. The van der Waals surface area contributed by atoms with Gasteiger partial charge in [0.05, 0.1) is 10.9 Å². The molecule has 8 nitrogen and oxygen atoms in total. The molecule has 4 heterocycles. The quantitative estimate of drug-likeness (QED) is 0.354. The molecule has 190 valence electrons. The highest BCUT2D eigenvalue weighted by Gasteiger charge is 2.26. The standard InChI is InChI=1S/C29H25FN6O2/c1-35-13-15-36(16-14-35)27-25-24(19-4-8-22(30)9-5-19)26(38-29(25)33-18-32-27)20-6-10-23(11-7-20)34-28(37)21-3-2-12-31-17-21/h2-12,17-18H,13-16H2,1H3,(H,34,37). The lowest BCUT2D eigenvalue weighted by molar-refractivity contribution is 0.102. The maximum atomic E-state index is 13.8. The number of hydrogen-bond donors (Lipinski definition) is 1. The Labute approximate surface area is 218 Å². The van der Waals surface area contributed by atoms with E-state index in [1.54, 1.807) is 30.5 Å². The number of aromatic nitrogens is 3. The van der Waals surface area contributed by atoms with Crippen LogP contribution >= 0.6 is 0 Å². The molecule has 2 aromatic carbocycles. The van der Waals surface area contributed by atoms with Crippen LogP contribution in [0.3, 0.4) is 0 Å². The van der Waals surface area contributed by atoms with Crippen molar-refractivity contribution >= 4 is 28.5 Å². The number of carbonyl (C=O) groups excluding carboxylic acids is 1. The van der Waals surface area contributed by atoms with Gasteiger partial charge >= 0.3 is 0 Å². The first-order valence-electron chi connectivity index (χ1n) is 12.4. The van der Waals surface area contributed by atoms with Gasteiger partial charge in [0.15, 0.2) is 0 Å². The van der Waals surface area contributed by atoms with Gasteiger partial charge in [-0.2, -0.15) is 0 Å². The minimum absolute atomic E-state index is 0.242. The largest absolute Gasteiger partial charge is 0.437 e. The molecular formula is C29H25FN6O2. The zero-order valence-electron chi connectivity index (χ0n) is 20.8. The van der Waals surface area contributed by atoms with Crippen molar-refractivity contribution in [3.63, 3.8) is 0 Å². The molecule has 0 aliphatic carbocycles. The molecule has 1 fully saturated rings. The van der Waals surface area contributed by atoms with Gasteiger partial charge < -0.3 is 19.5 Å². The van der Waals surface area contributed by atoms with Crippen LogP contribution in [0.2, 0.25) is 0 Å². The highest BCUT2D eigenvalue weighted by atomic mass is 19.1. The van der Waals surface area contributed by atoms with Crippen LogP contribution in [-0.2, 0) is 0 Å². The summed E-state index contributed by atoms with van der Waals surface area (Å²) in [6.45, 7) is 3.51. The summed E-state index contributed by atoms with van der Waals surface area (Å²) in [6, 6.07) is 17.2. The van der Waals surface area contributed by atoms with E-state index in [9.17, 15) is 9.18 Å². The van der Waals surface area contributed by atoms with Crippen LogP contribution in [0.25, 0.3) is 33.6 Å². The molecule has 9 heteroatoms. The highest BCUT2D eigenvalue weighted by Crippen LogP contribution is 2.43. The Kier molecular flexibility index (Phi) is 6.27. The van der Waals surface area contributed by atoms with E-state index in [1.165, 1.54) is 24.7 Å².